The van der Waals surface area contributed by atoms with Crippen LogP contribution in [0.5, 0.6) is 0 Å². The first-order chi connectivity index (χ1) is 5.83. The number of fused-ring (bicyclic) bond motifs is 2. The molecule has 74 valence electrons. The lowest BCUT2D eigenvalue weighted by Gasteiger charge is -2.29. The monoisotopic (exact) mass is 198 g/mol. The summed E-state index contributed by atoms with van der Waals surface area (Å²) >= 11 is 0. The van der Waals surface area contributed by atoms with E-state index in [4.69, 9.17) is 0 Å². The fourth-order valence-corrected chi connectivity index (χ4v) is 2.24. The lowest BCUT2D eigenvalue weighted by atomic mass is 9.89. The van der Waals surface area contributed by atoms with Crippen molar-refractivity contribution in [3.05, 3.63) is 12.2 Å². The quantitative estimate of drug-likeness (QED) is 0.414. The van der Waals surface area contributed by atoms with Crippen LogP contribution in [0.15, 0.2) is 12.2 Å². The van der Waals surface area contributed by atoms with Crippen LogP contribution in [0.2, 0.25) is 0 Å². The summed E-state index contributed by atoms with van der Waals surface area (Å²) in [7, 11) is 0. The Morgan fingerprint density at radius 1 is 1.15 bits per heavy atom. The van der Waals surface area contributed by atoms with Gasteiger partial charge in [-0.05, 0) is 12.3 Å². The van der Waals surface area contributed by atoms with Crippen molar-refractivity contribution in [1.82, 2.24) is 0 Å². The van der Waals surface area contributed by atoms with Gasteiger partial charge in [0.2, 0.25) is 0 Å². The summed E-state index contributed by atoms with van der Waals surface area (Å²) < 4.78 is 62.7. The standard InChI is InChI=1S/C8H7F5/c9-7(10)5-2-1-4(3-5)6(7)8(11,12)13/h1-2,4-6H,3H2. The molecule has 2 aliphatic rings. The minimum absolute atomic E-state index is 0.0584. The van der Waals surface area contributed by atoms with Crippen molar-refractivity contribution < 1.29 is 22.0 Å². The van der Waals surface area contributed by atoms with Gasteiger partial charge in [-0.2, -0.15) is 13.2 Å². The molecule has 0 aromatic rings. The Morgan fingerprint density at radius 3 is 2.08 bits per heavy atom. The van der Waals surface area contributed by atoms with Crippen LogP contribution in [0, 0.1) is 17.8 Å². The summed E-state index contributed by atoms with van der Waals surface area (Å²) in [4.78, 5) is 0. The molecule has 1 fully saturated rings. The number of hydrogen-bond donors (Lipinski definition) is 0. The van der Waals surface area contributed by atoms with Crippen LogP contribution in [0.25, 0.3) is 0 Å². The van der Waals surface area contributed by atoms with Gasteiger partial charge < -0.3 is 0 Å². The zero-order valence-electron chi connectivity index (χ0n) is 6.48. The van der Waals surface area contributed by atoms with Crippen LogP contribution < -0.4 is 0 Å². The molecule has 0 aliphatic heterocycles. The van der Waals surface area contributed by atoms with Crippen LogP contribution in [-0.2, 0) is 0 Å². The van der Waals surface area contributed by atoms with Gasteiger partial charge in [-0.25, -0.2) is 8.78 Å². The third-order valence-electron chi connectivity index (χ3n) is 2.81. The van der Waals surface area contributed by atoms with Crippen LogP contribution >= 0.6 is 0 Å². The lowest BCUT2D eigenvalue weighted by molar-refractivity contribution is -0.242. The Kier molecular flexibility index (Phi) is 1.55. The molecule has 13 heavy (non-hydrogen) atoms. The summed E-state index contributed by atoms with van der Waals surface area (Å²) in [6.07, 6.45) is -2.38. The van der Waals surface area contributed by atoms with Gasteiger partial charge in [-0.15, -0.1) is 0 Å². The van der Waals surface area contributed by atoms with Crippen molar-refractivity contribution in [2.24, 2.45) is 17.8 Å². The maximum Gasteiger partial charge on any atom is 0.398 e. The topological polar surface area (TPSA) is 0 Å². The molecule has 0 aromatic carbocycles. The average Bonchev–Trinajstić information content (AvgIpc) is 2.38. The molecular weight excluding hydrogens is 191 g/mol. The van der Waals surface area contributed by atoms with Crippen LogP contribution in [0.1, 0.15) is 6.42 Å². The zero-order chi connectivity index (χ0) is 9.85. The average molecular weight is 198 g/mol. The second-order valence-corrected chi connectivity index (χ2v) is 3.58. The third kappa shape index (κ3) is 1.09. The normalized spacial score (nSPS) is 41.5. The summed E-state index contributed by atoms with van der Waals surface area (Å²) in [5.41, 5.74) is 0. The first-order valence-corrected chi connectivity index (χ1v) is 3.96. The molecule has 0 heterocycles. The molecule has 2 aliphatic carbocycles. The summed E-state index contributed by atoms with van der Waals surface area (Å²) in [6, 6.07) is 0. The Labute approximate surface area is 71.4 Å². The van der Waals surface area contributed by atoms with Gasteiger partial charge in [-0.1, -0.05) is 12.2 Å². The molecule has 5 heteroatoms. The Balaban J connectivity index is 2.35. The predicted octanol–water partition coefficient (Wildman–Crippen LogP) is 3.01. The van der Waals surface area contributed by atoms with Gasteiger partial charge in [0, 0.05) is 5.92 Å². The molecule has 3 atom stereocenters. The van der Waals surface area contributed by atoms with E-state index < -0.39 is 29.9 Å². The zero-order valence-corrected chi connectivity index (χ0v) is 6.48. The van der Waals surface area contributed by atoms with Gasteiger partial charge in [0.15, 0.2) is 0 Å². The van der Waals surface area contributed by atoms with Gasteiger partial charge in [0.25, 0.3) is 5.92 Å². The molecule has 0 aromatic heterocycles. The maximum atomic E-state index is 13.0. The molecule has 1 saturated carbocycles. The fraction of sp³-hybridized carbons (Fsp3) is 0.750. The third-order valence-corrected chi connectivity index (χ3v) is 2.81. The number of alkyl halides is 5. The van der Waals surface area contributed by atoms with E-state index in [-0.39, 0.29) is 6.42 Å². The second kappa shape index (κ2) is 2.25. The van der Waals surface area contributed by atoms with Crippen LogP contribution in [0.3, 0.4) is 0 Å². The highest BCUT2D eigenvalue weighted by molar-refractivity contribution is 5.18. The first-order valence-electron chi connectivity index (χ1n) is 3.96. The molecule has 0 amide bonds. The van der Waals surface area contributed by atoms with E-state index in [0.29, 0.717) is 0 Å². The molecule has 0 N–H and O–H groups in total. The second-order valence-electron chi connectivity index (χ2n) is 3.58. The summed E-state index contributed by atoms with van der Waals surface area (Å²) in [6.45, 7) is 0. The van der Waals surface area contributed by atoms with Crippen molar-refractivity contribution in [3.63, 3.8) is 0 Å². The molecule has 0 nitrogen and oxygen atoms in total. The minimum atomic E-state index is -4.78. The van der Waals surface area contributed by atoms with Crippen molar-refractivity contribution in [3.8, 4) is 0 Å². The van der Waals surface area contributed by atoms with Crippen molar-refractivity contribution in [2.45, 2.75) is 18.5 Å². The molecule has 0 radical (unpaired) electrons. The lowest BCUT2D eigenvalue weighted by Crippen LogP contribution is -2.42. The highest BCUT2D eigenvalue weighted by atomic mass is 19.4. The van der Waals surface area contributed by atoms with Crippen LogP contribution in [-0.4, -0.2) is 12.1 Å². The molecule has 0 saturated heterocycles. The van der Waals surface area contributed by atoms with Gasteiger partial charge >= 0.3 is 6.18 Å². The molecule has 3 unspecified atom stereocenters. The molecule has 2 rings (SSSR count). The maximum absolute atomic E-state index is 13.0. The molecule has 0 spiro atoms. The number of allylic oxidation sites excluding steroid dienone is 2. The van der Waals surface area contributed by atoms with Gasteiger partial charge in [0.05, 0.1) is 0 Å². The van der Waals surface area contributed by atoms with E-state index >= 15 is 0 Å². The summed E-state index contributed by atoms with van der Waals surface area (Å²) in [5, 5.41) is 0. The molecule has 2 bridgehead atoms. The van der Waals surface area contributed by atoms with E-state index in [1.807, 2.05) is 0 Å². The molecular formula is C8H7F5. The highest BCUT2D eigenvalue weighted by Gasteiger charge is 2.67. The first kappa shape index (κ1) is 8.97. The van der Waals surface area contributed by atoms with E-state index in [1.165, 1.54) is 12.2 Å². The van der Waals surface area contributed by atoms with Gasteiger partial charge in [0.1, 0.15) is 5.92 Å². The Hall–Kier alpha value is -0.610. The fourth-order valence-electron chi connectivity index (χ4n) is 2.24. The van der Waals surface area contributed by atoms with Crippen molar-refractivity contribution >= 4 is 0 Å². The predicted molar refractivity (Wildman–Crippen MR) is 35.2 cm³/mol. The van der Waals surface area contributed by atoms with E-state index in [9.17, 15) is 22.0 Å². The largest absolute Gasteiger partial charge is 0.398 e. The number of halogens is 5. The summed E-state index contributed by atoms with van der Waals surface area (Å²) in [5.74, 6) is -8.28. The number of rotatable bonds is 0. The van der Waals surface area contributed by atoms with E-state index in [2.05, 4.69) is 0 Å². The Bertz CT molecular complexity index is 252. The Morgan fingerprint density at radius 2 is 1.77 bits per heavy atom. The SMILES string of the molecule is FC(F)(F)C1C2C=CC(C2)C1(F)F. The van der Waals surface area contributed by atoms with Crippen molar-refractivity contribution in [1.29, 1.82) is 0 Å². The highest BCUT2D eigenvalue weighted by Crippen LogP contribution is 2.58. The smallest absolute Gasteiger partial charge is 0.205 e. The van der Waals surface area contributed by atoms with Crippen molar-refractivity contribution in [2.75, 3.05) is 0 Å². The van der Waals surface area contributed by atoms with E-state index in [0.717, 1.165) is 0 Å². The minimum Gasteiger partial charge on any atom is -0.205 e. The number of hydrogen-bond acceptors (Lipinski definition) is 0. The van der Waals surface area contributed by atoms with Crippen LogP contribution in [0.4, 0.5) is 22.0 Å². The van der Waals surface area contributed by atoms with E-state index in [1.54, 1.807) is 0 Å². The van der Waals surface area contributed by atoms with Gasteiger partial charge in [-0.3, -0.25) is 0 Å².